The minimum atomic E-state index is -1.30. The lowest BCUT2D eigenvalue weighted by Crippen LogP contribution is -2.33. The molecule has 23 heavy (non-hydrogen) atoms. The third kappa shape index (κ3) is 2.39. The second-order valence-electron chi connectivity index (χ2n) is 5.06. The van der Waals surface area contributed by atoms with Crippen LogP contribution in [0.2, 0.25) is 0 Å². The summed E-state index contributed by atoms with van der Waals surface area (Å²) in [6.07, 6.45) is -3.22. The molecule has 0 aliphatic carbocycles. The fourth-order valence-corrected chi connectivity index (χ4v) is 2.45. The predicted octanol–water partition coefficient (Wildman–Crippen LogP) is -2.62. The van der Waals surface area contributed by atoms with E-state index in [4.69, 9.17) is 15.6 Å². The first kappa shape index (κ1) is 15.6. The summed E-state index contributed by atoms with van der Waals surface area (Å²) in [5, 5.41) is 31.5. The van der Waals surface area contributed by atoms with Crippen molar-refractivity contribution in [3.63, 3.8) is 0 Å². The van der Waals surface area contributed by atoms with Gasteiger partial charge >= 0.3 is 0 Å². The molecule has 4 atom stereocenters. The summed E-state index contributed by atoms with van der Waals surface area (Å²) >= 11 is 0. The minimum absolute atomic E-state index is 0.000839. The number of aliphatic hydroxyl groups excluding tert-OH is 3. The van der Waals surface area contributed by atoms with Crippen LogP contribution < -0.4 is 11.1 Å². The van der Waals surface area contributed by atoms with Crippen LogP contribution in [0.5, 0.6) is 0 Å². The first-order valence-electron chi connectivity index (χ1n) is 6.82. The summed E-state index contributed by atoms with van der Waals surface area (Å²) in [5.74, 6) is -0.697. The maximum Gasteiger partial charge on any atom is 0.288 e. The third-order valence-electron chi connectivity index (χ3n) is 3.67. The topological polar surface area (TPSA) is 169 Å². The number of hydrogen-bond acceptors (Lipinski definition) is 9. The number of imidazole rings is 1. The van der Waals surface area contributed by atoms with Crippen molar-refractivity contribution in [1.82, 2.24) is 24.8 Å². The molecule has 0 saturated carbocycles. The van der Waals surface area contributed by atoms with Gasteiger partial charge in [-0.2, -0.15) is 0 Å². The Kier molecular flexibility index (Phi) is 3.85. The maximum atomic E-state index is 11.7. The molecule has 1 fully saturated rings. The number of ether oxygens (including phenoxy) is 1. The van der Waals surface area contributed by atoms with Gasteiger partial charge in [-0.1, -0.05) is 0 Å². The van der Waals surface area contributed by atoms with E-state index in [2.05, 4.69) is 20.3 Å². The van der Waals surface area contributed by atoms with Crippen molar-refractivity contribution in [1.29, 1.82) is 0 Å². The lowest BCUT2D eigenvalue weighted by Gasteiger charge is -2.16. The van der Waals surface area contributed by atoms with E-state index in [1.165, 1.54) is 17.9 Å². The summed E-state index contributed by atoms with van der Waals surface area (Å²) < 4.78 is 6.76. The molecule has 0 spiro atoms. The first-order chi connectivity index (χ1) is 11.0. The van der Waals surface area contributed by atoms with Crippen LogP contribution in [-0.4, -0.2) is 72.7 Å². The van der Waals surface area contributed by atoms with Crippen LogP contribution in [0.1, 0.15) is 16.8 Å². The molecule has 2 aromatic rings. The second kappa shape index (κ2) is 5.70. The van der Waals surface area contributed by atoms with Crippen molar-refractivity contribution in [3.8, 4) is 0 Å². The van der Waals surface area contributed by atoms with Gasteiger partial charge < -0.3 is 31.1 Å². The Hall–Kier alpha value is -2.34. The molecule has 1 saturated heterocycles. The number of aliphatic hydroxyl groups is 3. The number of aromatic nitrogens is 4. The van der Waals surface area contributed by atoms with E-state index < -0.39 is 37.1 Å². The fourth-order valence-electron chi connectivity index (χ4n) is 2.45. The summed E-state index contributed by atoms with van der Waals surface area (Å²) in [5.41, 5.74) is 6.18. The van der Waals surface area contributed by atoms with Crippen molar-refractivity contribution in [2.75, 3.05) is 19.4 Å². The van der Waals surface area contributed by atoms with Gasteiger partial charge in [0.1, 0.15) is 23.8 Å². The lowest BCUT2D eigenvalue weighted by molar-refractivity contribution is -0.0511. The number of carbonyl (C=O) groups excluding carboxylic acids is 1. The quantitative estimate of drug-likeness (QED) is 0.405. The predicted molar refractivity (Wildman–Crippen MR) is 76.1 cm³/mol. The highest BCUT2D eigenvalue weighted by atomic mass is 16.6. The van der Waals surface area contributed by atoms with Crippen molar-refractivity contribution < 1.29 is 24.9 Å². The number of anilines is 1. The normalized spacial score (nSPS) is 27.5. The highest BCUT2D eigenvalue weighted by Crippen LogP contribution is 2.31. The molecule has 1 aliphatic rings. The van der Waals surface area contributed by atoms with Crippen molar-refractivity contribution in [2.24, 2.45) is 0 Å². The van der Waals surface area contributed by atoms with E-state index >= 15 is 0 Å². The minimum Gasteiger partial charge on any atom is -0.394 e. The Labute approximate surface area is 129 Å². The Bertz CT molecular complexity index is 749. The van der Waals surface area contributed by atoms with Gasteiger partial charge in [-0.25, -0.2) is 15.0 Å². The van der Waals surface area contributed by atoms with Crippen molar-refractivity contribution in [3.05, 3.63) is 12.2 Å². The van der Waals surface area contributed by atoms with Crippen LogP contribution in [-0.2, 0) is 4.74 Å². The van der Waals surface area contributed by atoms with Crippen LogP contribution in [0, 0.1) is 0 Å². The average molecular weight is 324 g/mol. The van der Waals surface area contributed by atoms with E-state index in [1.54, 1.807) is 0 Å². The summed E-state index contributed by atoms with van der Waals surface area (Å²) in [6, 6.07) is 0. The fraction of sp³-hybridized carbons (Fsp3) is 0.500. The molecule has 0 bridgehead atoms. The number of nitrogens with zero attached hydrogens (tertiary/aromatic N) is 4. The number of rotatable bonds is 3. The third-order valence-corrected chi connectivity index (χ3v) is 3.67. The molecule has 2 aromatic heterocycles. The SMILES string of the molecule is CNC(=O)c1nc(N)c2ncn([C@@H]3O[C@H](CO)[C@@H](O)[C@H]3O)c2n1. The number of nitrogens with one attached hydrogen (secondary N) is 1. The molecule has 3 rings (SSSR count). The van der Waals surface area contributed by atoms with Gasteiger partial charge in [-0.3, -0.25) is 9.36 Å². The lowest BCUT2D eigenvalue weighted by atomic mass is 10.1. The Morgan fingerprint density at radius 1 is 1.43 bits per heavy atom. The number of carbonyl (C=O) groups is 1. The van der Waals surface area contributed by atoms with Gasteiger partial charge in [0.05, 0.1) is 12.9 Å². The molecular formula is C12H16N6O5. The van der Waals surface area contributed by atoms with Crippen LogP contribution in [0.4, 0.5) is 5.82 Å². The zero-order valence-corrected chi connectivity index (χ0v) is 12.1. The summed E-state index contributed by atoms with van der Waals surface area (Å²) in [6.45, 7) is -0.456. The highest BCUT2D eigenvalue weighted by Gasteiger charge is 2.44. The highest BCUT2D eigenvalue weighted by molar-refractivity contribution is 5.93. The number of hydrogen-bond donors (Lipinski definition) is 5. The molecule has 6 N–H and O–H groups in total. The van der Waals surface area contributed by atoms with E-state index in [9.17, 15) is 15.0 Å². The average Bonchev–Trinajstić information content (AvgIpc) is 3.09. The standard InChI is InChI=1S/C12H16N6O5/c1-14-11(22)9-16-8(13)5-10(17-9)18(3-15-5)12-7(21)6(20)4(2-19)23-12/h3-4,6-7,12,19-21H,2H2,1H3,(H,14,22)(H2,13,16,17)/t4-,6-,7-,12-/m1/s1. The number of fused-ring (bicyclic) bond motifs is 1. The molecule has 0 unspecified atom stereocenters. The maximum absolute atomic E-state index is 11.7. The number of nitrogens with two attached hydrogens (primary N) is 1. The van der Waals surface area contributed by atoms with Gasteiger partial charge in [0.25, 0.3) is 5.91 Å². The molecule has 1 aliphatic heterocycles. The Balaban J connectivity index is 2.08. The Morgan fingerprint density at radius 2 is 2.17 bits per heavy atom. The number of nitrogen functional groups attached to an aromatic ring is 1. The van der Waals surface area contributed by atoms with Crippen LogP contribution >= 0.6 is 0 Å². The van der Waals surface area contributed by atoms with E-state index in [1.807, 2.05) is 0 Å². The van der Waals surface area contributed by atoms with E-state index in [0.717, 1.165) is 0 Å². The van der Waals surface area contributed by atoms with E-state index in [-0.39, 0.29) is 22.8 Å². The monoisotopic (exact) mass is 324 g/mol. The van der Waals surface area contributed by atoms with Crippen molar-refractivity contribution in [2.45, 2.75) is 24.5 Å². The molecule has 11 heteroatoms. The largest absolute Gasteiger partial charge is 0.394 e. The summed E-state index contributed by atoms with van der Waals surface area (Å²) in [4.78, 5) is 23.7. The zero-order valence-electron chi connectivity index (χ0n) is 12.1. The number of amides is 1. The van der Waals surface area contributed by atoms with Crippen LogP contribution in [0.15, 0.2) is 6.33 Å². The van der Waals surface area contributed by atoms with Gasteiger partial charge in [-0.05, 0) is 0 Å². The molecule has 0 radical (unpaired) electrons. The van der Waals surface area contributed by atoms with E-state index in [0.29, 0.717) is 0 Å². The second-order valence-corrected chi connectivity index (χ2v) is 5.06. The Morgan fingerprint density at radius 3 is 2.78 bits per heavy atom. The first-order valence-corrected chi connectivity index (χ1v) is 6.82. The van der Waals surface area contributed by atoms with Crippen LogP contribution in [0.25, 0.3) is 11.2 Å². The van der Waals surface area contributed by atoms with Crippen molar-refractivity contribution >= 4 is 22.9 Å². The molecule has 124 valence electrons. The molecule has 11 nitrogen and oxygen atoms in total. The van der Waals surface area contributed by atoms with Gasteiger partial charge in [0, 0.05) is 7.05 Å². The molecule has 3 heterocycles. The van der Waals surface area contributed by atoms with Crippen LogP contribution in [0.3, 0.4) is 0 Å². The smallest absolute Gasteiger partial charge is 0.288 e. The van der Waals surface area contributed by atoms with Gasteiger partial charge in [-0.15, -0.1) is 0 Å². The summed E-state index contributed by atoms with van der Waals surface area (Å²) in [7, 11) is 1.43. The zero-order chi connectivity index (χ0) is 16.7. The molecule has 1 amide bonds. The van der Waals surface area contributed by atoms with Gasteiger partial charge in [0.15, 0.2) is 17.7 Å². The molecular weight excluding hydrogens is 308 g/mol. The molecule has 0 aromatic carbocycles. The van der Waals surface area contributed by atoms with Gasteiger partial charge in [0.2, 0.25) is 5.82 Å².